The highest BCUT2D eigenvalue weighted by atomic mass is 35.5. The molecule has 0 saturated carbocycles. The third-order valence-corrected chi connectivity index (χ3v) is 4.52. The average molecular weight is 429 g/mol. The molecule has 1 aliphatic rings. The van der Waals surface area contributed by atoms with Gasteiger partial charge in [-0.3, -0.25) is 4.79 Å². The van der Waals surface area contributed by atoms with Gasteiger partial charge >= 0.3 is 6.18 Å². The van der Waals surface area contributed by atoms with Gasteiger partial charge in [-0.2, -0.15) is 13.2 Å². The van der Waals surface area contributed by atoms with Gasteiger partial charge in [0.2, 0.25) is 0 Å². The number of nitrogens with zero attached hydrogens (tertiary/aromatic N) is 1. The second-order valence-electron chi connectivity index (χ2n) is 5.84. The van der Waals surface area contributed by atoms with Crippen molar-refractivity contribution in [2.45, 2.75) is 19.0 Å². The minimum absolute atomic E-state index is 0.0241. The molecule has 1 aromatic carbocycles. The van der Waals surface area contributed by atoms with Crippen LogP contribution < -0.4 is 10.1 Å². The molecule has 0 aliphatic heterocycles. The van der Waals surface area contributed by atoms with Gasteiger partial charge in [0.05, 0.1) is 22.4 Å². The lowest BCUT2D eigenvalue weighted by atomic mass is 10.1. The Labute approximate surface area is 168 Å². The molecular weight excluding hydrogens is 416 g/mol. The van der Waals surface area contributed by atoms with E-state index in [1.165, 1.54) is 18.3 Å². The van der Waals surface area contributed by atoms with Crippen LogP contribution in [0.4, 0.5) is 19.0 Å². The standard InChI is InChI=1S/C19H13Cl2F3N2O2/c20-14-4-2-1-3-13(14)18(27)26-17-8-6-12(10-25-17)28-16-9-11(19(22,23)24)5-7-15(16)21/h1,3,5-10H,2,4H2,(H,25,26,27). The highest BCUT2D eigenvalue weighted by Gasteiger charge is 2.31. The van der Waals surface area contributed by atoms with Crippen LogP contribution in [0.3, 0.4) is 0 Å². The van der Waals surface area contributed by atoms with E-state index in [9.17, 15) is 18.0 Å². The normalized spacial score (nSPS) is 14.2. The summed E-state index contributed by atoms with van der Waals surface area (Å²) in [6.07, 6.45) is 1.62. The van der Waals surface area contributed by atoms with Crippen molar-refractivity contribution in [2.75, 3.05) is 5.32 Å². The Morgan fingerprint density at radius 3 is 2.61 bits per heavy atom. The predicted octanol–water partition coefficient (Wildman–Crippen LogP) is 6.33. The molecule has 1 amide bonds. The Hall–Kier alpha value is -2.51. The monoisotopic (exact) mass is 428 g/mol. The summed E-state index contributed by atoms with van der Waals surface area (Å²) in [5, 5.41) is 3.10. The third kappa shape index (κ3) is 4.85. The van der Waals surface area contributed by atoms with Crippen LogP contribution in [0.15, 0.2) is 59.3 Å². The number of pyridine rings is 1. The Morgan fingerprint density at radius 1 is 1.18 bits per heavy atom. The number of hydrogen-bond acceptors (Lipinski definition) is 3. The Balaban J connectivity index is 1.72. The van der Waals surface area contributed by atoms with E-state index >= 15 is 0 Å². The molecule has 0 bridgehead atoms. The van der Waals surface area contributed by atoms with Crippen molar-refractivity contribution in [2.24, 2.45) is 0 Å². The number of alkyl halides is 3. The average Bonchev–Trinajstić information content (AvgIpc) is 2.64. The summed E-state index contributed by atoms with van der Waals surface area (Å²) in [7, 11) is 0. The van der Waals surface area contributed by atoms with Crippen molar-refractivity contribution in [3.63, 3.8) is 0 Å². The first-order chi connectivity index (χ1) is 13.2. The predicted molar refractivity (Wildman–Crippen MR) is 101 cm³/mol. The molecule has 28 heavy (non-hydrogen) atoms. The molecule has 1 aliphatic carbocycles. The minimum atomic E-state index is -4.52. The zero-order valence-corrected chi connectivity index (χ0v) is 15.7. The molecule has 0 unspecified atom stereocenters. The van der Waals surface area contributed by atoms with Gasteiger partial charge in [0.1, 0.15) is 17.3 Å². The van der Waals surface area contributed by atoms with E-state index in [4.69, 9.17) is 27.9 Å². The van der Waals surface area contributed by atoms with E-state index in [1.807, 2.05) is 6.08 Å². The quantitative estimate of drug-likeness (QED) is 0.618. The van der Waals surface area contributed by atoms with E-state index in [-0.39, 0.29) is 22.3 Å². The topological polar surface area (TPSA) is 51.2 Å². The number of nitrogens with one attached hydrogen (secondary N) is 1. The zero-order valence-electron chi connectivity index (χ0n) is 14.2. The number of ether oxygens (including phenoxy) is 1. The van der Waals surface area contributed by atoms with Crippen LogP contribution in [0.5, 0.6) is 11.5 Å². The number of carbonyl (C=O) groups is 1. The Kier molecular flexibility index (Phi) is 5.96. The first-order valence-corrected chi connectivity index (χ1v) is 8.87. The summed E-state index contributed by atoms with van der Waals surface area (Å²) < 4.78 is 43.9. The number of halogens is 5. The molecule has 2 aromatic rings. The maximum Gasteiger partial charge on any atom is 0.416 e. The third-order valence-electron chi connectivity index (χ3n) is 3.82. The van der Waals surface area contributed by atoms with E-state index in [2.05, 4.69) is 10.3 Å². The Bertz CT molecular complexity index is 955. The molecule has 1 aromatic heterocycles. The molecule has 3 rings (SSSR count). The van der Waals surface area contributed by atoms with Gasteiger partial charge in [-0.1, -0.05) is 35.4 Å². The molecule has 0 spiro atoms. The van der Waals surface area contributed by atoms with Crippen LogP contribution in [0.1, 0.15) is 18.4 Å². The van der Waals surface area contributed by atoms with Crippen molar-refractivity contribution in [3.8, 4) is 11.5 Å². The molecule has 1 N–H and O–H groups in total. The number of carbonyl (C=O) groups excluding carboxylic acids is 1. The smallest absolute Gasteiger partial charge is 0.416 e. The fourth-order valence-electron chi connectivity index (χ4n) is 2.42. The van der Waals surface area contributed by atoms with Crippen molar-refractivity contribution in [1.29, 1.82) is 0 Å². The second-order valence-corrected chi connectivity index (χ2v) is 6.70. The summed E-state index contributed by atoms with van der Waals surface area (Å²) in [4.78, 5) is 16.3. The van der Waals surface area contributed by atoms with Crippen molar-refractivity contribution >= 4 is 34.9 Å². The van der Waals surface area contributed by atoms with Gasteiger partial charge in [-0.15, -0.1) is 0 Å². The molecule has 0 saturated heterocycles. The number of aromatic nitrogens is 1. The van der Waals surface area contributed by atoms with Gasteiger partial charge in [0.25, 0.3) is 5.91 Å². The number of allylic oxidation sites excluding steroid dienone is 2. The first kappa shape index (κ1) is 20.2. The lowest BCUT2D eigenvalue weighted by Gasteiger charge is -2.12. The maximum atomic E-state index is 12.8. The lowest BCUT2D eigenvalue weighted by Crippen LogP contribution is -2.16. The van der Waals surface area contributed by atoms with Crippen molar-refractivity contribution < 1.29 is 22.7 Å². The lowest BCUT2D eigenvalue weighted by molar-refractivity contribution is -0.137. The highest BCUT2D eigenvalue weighted by Crippen LogP contribution is 2.36. The van der Waals surface area contributed by atoms with Crippen molar-refractivity contribution in [3.05, 3.63) is 69.9 Å². The number of amides is 1. The fraction of sp³-hybridized carbons (Fsp3) is 0.158. The number of anilines is 1. The zero-order chi connectivity index (χ0) is 20.3. The van der Waals surface area contributed by atoms with Gasteiger partial charge in [0.15, 0.2) is 0 Å². The van der Waals surface area contributed by atoms with Gasteiger partial charge < -0.3 is 10.1 Å². The van der Waals surface area contributed by atoms with Crippen molar-refractivity contribution in [1.82, 2.24) is 4.98 Å². The van der Waals surface area contributed by atoms with Gasteiger partial charge in [-0.05, 0) is 43.2 Å². The van der Waals surface area contributed by atoms with Crippen LogP contribution in [0.2, 0.25) is 5.02 Å². The van der Waals surface area contributed by atoms with Crippen LogP contribution in [-0.4, -0.2) is 10.9 Å². The molecule has 9 heteroatoms. The summed E-state index contributed by atoms with van der Waals surface area (Å²) in [6.45, 7) is 0. The van der Waals surface area contributed by atoms with Crippen LogP contribution in [0.25, 0.3) is 0 Å². The summed E-state index contributed by atoms with van der Waals surface area (Å²) in [5.41, 5.74) is -0.514. The summed E-state index contributed by atoms with van der Waals surface area (Å²) in [5.74, 6) is -0.153. The number of hydrogen-bond donors (Lipinski definition) is 1. The largest absolute Gasteiger partial charge is 0.454 e. The minimum Gasteiger partial charge on any atom is -0.454 e. The molecule has 146 valence electrons. The second kappa shape index (κ2) is 8.24. The Morgan fingerprint density at radius 2 is 1.96 bits per heavy atom. The fourth-order valence-corrected chi connectivity index (χ4v) is 2.83. The molecule has 0 radical (unpaired) electrons. The summed E-state index contributed by atoms with van der Waals surface area (Å²) >= 11 is 12.0. The molecule has 1 heterocycles. The number of benzene rings is 1. The highest BCUT2D eigenvalue weighted by molar-refractivity contribution is 6.33. The SMILES string of the molecule is O=C(Nc1ccc(Oc2cc(C(F)(F)F)ccc2Cl)cn1)C1=C(Cl)CCC=C1. The van der Waals surface area contributed by atoms with E-state index < -0.39 is 17.6 Å². The molecule has 0 atom stereocenters. The van der Waals surface area contributed by atoms with Gasteiger partial charge in [0, 0.05) is 5.03 Å². The van der Waals surface area contributed by atoms with Crippen LogP contribution in [0, 0.1) is 0 Å². The van der Waals surface area contributed by atoms with Crippen LogP contribution in [-0.2, 0) is 11.0 Å². The molecule has 4 nitrogen and oxygen atoms in total. The van der Waals surface area contributed by atoms with E-state index in [1.54, 1.807) is 6.08 Å². The first-order valence-electron chi connectivity index (χ1n) is 8.11. The van der Waals surface area contributed by atoms with E-state index in [0.717, 1.165) is 24.6 Å². The molecule has 0 fully saturated rings. The number of rotatable bonds is 4. The van der Waals surface area contributed by atoms with E-state index in [0.29, 0.717) is 17.0 Å². The summed E-state index contributed by atoms with van der Waals surface area (Å²) in [6, 6.07) is 5.69. The van der Waals surface area contributed by atoms with Crippen LogP contribution >= 0.6 is 23.2 Å². The maximum absolute atomic E-state index is 12.8. The van der Waals surface area contributed by atoms with Gasteiger partial charge in [-0.25, -0.2) is 4.98 Å². The molecular formula is C19H13Cl2F3N2O2.